The second kappa shape index (κ2) is 5.24. The van der Waals surface area contributed by atoms with Crippen LogP contribution in [0.2, 0.25) is 0 Å². The molecule has 0 amide bonds. The molecule has 0 aliphatic heterocycles. The normalized spacial score (nSPS) is 15.5. The summed E-state index contributed by atoms with van der Waals surface area (Å²) in [5.74, 6) is 0.922. The van der Waals surface area contributed by atoms with Crippen LogP contribution in [-0.2, 0) is 5.41 Å². The fourth-order valence-electron chi connectivity index (χ4n) is 2.74. The van der Waals surface area contributed by atoms with Gasteiger partial charge in [0.2, 0.25) is 0 Å². The second-order valence-corrected chi connectivity index (χ2v) is 5.49. The molecule has 0 spiro atoms. The van der Waals surface area contributed by atoms with E-state index in [0.29, 0.717) is 6.61 Å². The van der Waals surface area contributed by atoms with Gasteiger partial charge in [0.15, 0.2) is 5.78 Å². The monoisotopic (exact) mass is 281 g/mol. The maximum Gasteiger partial charge on any atom is 0.173 e. The number of hydrogen-bond donors (Lipinski definition) is 1. The lowest BCUT2D eigenvalue weighted by molar-refractivity contribution is 0.0945. The van der Waals surface area contributed by atoms with Crippen LogP contribution < -0.4 is 10.5 Å². The molecule has 0 aromatic heterocycles. The summed E-state index contributed by atoms with van der Waals surface area (Å²) in [7, 11) is 0. The Kier molecular flexibility index (Phi) is 3.42. The predicted molar refractivity (Wildman–Crippen MR) is 83.7 cm³/mol. The third-order valence-corrected chi connectivity index (χ3v) is 4.06. The molecular formula is C18H19NO2. The molecule has 0 unspecified atom stereocenters. The lowest BCUT2D eigenvalue weighted by Gasteiger charge is -2.15. The van der Waals surface area contributed by atoms with E-state index in [2.05, 4.69) is 0 Å². The number of ketones is 1. The summed E-state index contributed by atoms with van der Waals surface area (Å²) < 4.78 is 5.48. The van der Waals surface area contributed by atoms with E-state index < -0.39 is 0 Å². The zero-order chi connectivity index (χ0) is 14.9. The Bertz CT molecular complexity index is 657. The lowest BCUT2D eigenvalue weighted by Crippen LogP contribution is -2.20. The van der Waals surface area contributed by atoms with Crippen molar-refractivity contribution < 1.29 is 9.53 Å². The van der Waals surface area contributed by atoms with Crippen LogP contribution in [0.15, 0.2) is 48.5 Å². The SMILES string of the molecule is CCOc1cccc(C(=O)C2(c3ccc(N)cc3)CC2)c1. The summed E-state index contributed by atoms with van der Waals surface area (Å²) in [6.45, 7) is 2.53. The minimum Gasteiger partial charge on any atom is -0.494 e. The number of carbonyl (C=O) groups is 1. The fraction of sp³-hybridized carbons (Fsp3) is 0.278. The van der Waals surface area contributed by atoms with E-state index in [4.69, 9.17) is 10.5 Å². The Hall–Kier alpha value is -2.29. The molecule has 1 aliphatic carbocycles. The second-order valence-electron chi connectivity index (χ2n) is 5.49. The van der Waals surface area contributed by atoms with Crippen molar-refractivity contribution in [3.8, 4) is 5.75 Å². The van der Waals surface area contributed by atoms with Gasteiger partial charge in [0.25, 0.3) is 0 Å². The highest BCUT2D eigenvalue weighted by atomic mass is 16.5. The van der Waals surface area contributed by atoms with E-state index >= 15 is 0 Å². The maximum absolute atomic E-state index is 12.9. The van der Waals surface area contributed by atoms with Gasteiger partial charge in [-0.25, -0.2) is 0 Å². The molecule has 1 saturated carbocycles. The quantitative estimate of drug-likeness (QED) is 0.673. The zero-order valence-corrected chi connectivity index (χ0v) is 12.1. The molecule has 0 radical (unpaired) electrons. The van der Waals surface area contributed by atoms with Crippen molar-refractivity contribution in [1.82, 2.24) is 0 Å². The molecular weight excluding hydrogens is 262 g/mol. The molecule has 2 aromatic carbocycles. The first-order valence-electron chi connectivity index (χ1n) is 7.29. The molecule has 0 heterocycles. The standard InChI is InChI=1S/C18H19NO2/c1-2-21-16-5-3-4-13(12-16)17(20)18(10-11-18)14-6-8-15(19)9-7-14/h3-9,12H,2,10-11,19H2,1H3. The number of rotatable bonds is 5. The Balaban J connectivity index is 1.91. The minimum absolute atomic E-state index is 0.175. The van der Waals surface area contributed by atoms with Crippen LogP contribution >= 0.6 is 0 Å². The molecule has 3 rings (SSSR count). The highest BCUT2D eigenvalue weighted by Crippen LogP contribution is 2.50. The summed E-state index contributed by atoms with van der Waals surface area (Å²) in [6, 6.07) is 15.1. The van der Waals surface area contributed by atoms with Crippen molar-refractivity contribution in [1.29, 1.82) is 0 Å². The number of Topliss-reactive ketones (excluding diaryl/α,β-unsaturated/α-hetero) is 1. The van der Waals surface area contributed by atoms with Gasteiger partial charge in [0, 0.05) is 11.3 Å². The number of nitrogens with two attached hydrogens (primary N) is 1. The van der Waals surface area contributed by atoms with Crippen LogP contribution in [-0.4, -0.2) is 12.4 Å². The molecule has 3 nitrogen and oxygen atoms in total. The highest BCUT2D eigenvalue weighted by molar-refractivity contribution is 6.06. The van der Waals surface area contributed by atoms with Crippen LogP contribution in [0.4, 0.5) is 5.69 Å². The third-order valence-electron chi connectivity index (χ3n) is 4.06. The molecule has 2 aromatic rings. The number of benzene rings is 2. The first-order valence-corrected chi connectivity index (χ1v) is 7.29. The molecule has 0 saturated heterocycles. The molecule has 108 valence electrons. The zero-order valence-electron chi connectivity index (χ0n) is 12.1. The summed E-state index contributed by atoms with van der Waals surface area (Å²) in [5, 5.41) is 0. The van der Waals surface area contributed by atoms with Crippen LogP contribution in [0.3, 0.4) is 0 Å². The van der Waals surface area contributed by atoms with Crippen LogP contribution in [0, 0.1) is 0 Å². The van der Waals surface area contributed by atoms with Crippen molar-refractivity contribution in [2.45, 2.75) is 25.2 Å². The van der Waals surface area contributed by atoms with Gasteiger partial charge in [-0.05, 0) is 49.6 Å². The molecule has 3 heteroatoms. The Morgan fingerprint density at radius 1 is 1.19 bits per heavy atom. The van der Waals surface area contributed by atoms with E-state index in [-0.39, 0.29) is 11.2 Å². The van der Waals surface area contributed by atoms with Crippen molar-refractivity contribution in [2.75, 3.05) is 12.3 Å². The highest BCUT2D eigenvalue weighted by Gasteiger charge is 2.51. The molecule has 1 aliphatic rings. The Labute approximate surface area is 124 Å². The van der Waals surface area contributed by atoms with Crippen molar-refractivity contribution in [3.05, 3.63) is 59.7 Å². The Morgan fingerprint density at radius 2 is 1.90 bits per heavy atom. The largest absolute Gasteiger partial charge is 0.494 e. The summed E-state index contributed by atoms with van der Waals surface area (Å²) in [5.41, 5.74) is 7.87. The molecule has 2 N–H and O–H groups in total. The van der Waals surface area contributed by atoms with E-state index in [1.54, 1.807) is 0 Å². The van der Waals surface area contributed by atoms with Crippen LogP contribution in [0.5, 0.6) is 5.75 Å². The number of carbonyl (C=O) groups excluding carboxylic acids is 1. The smallest absolute Gasteiger partial charge is 0.173 e. The summed E-state index contributed by atoms with van der Waals surface area (Å²) in [6.07, 6.45) is 1.79. The summed E-state index contributed by atoms with van der Waals surface area (Å²) >= 11 is 0. The van der Waals surface area contributed by atoms with Gasteiger partial charge < -0.3 is 10.5 Å². The van der Waals surface area contributed by atoms with Gasteiger partial charge in [-0.3, -0.25) is 4.79 Å². The van der Waals surface area contributed by atoms with Gasteiger partial charge in [-0.15, -0.1) is 0 Å². The average molecular weight is 281 g/mol. The topological polar surface area (TPSA) is 52.3 Å². The van der Waals surface area contributed by atoms with Gasteiger partial charge in [-0.1, -0.05) is 24.3 Å². The molecule has 21 heavy (non-hydrogen) atoms. The van der Waals surface area contributed by atoms with Gasteiger partial charge in [-0.2, -0.15) is 0 Å². The van der Waals surface area contributed by atoms with E-state index in [9.17, 15) is 4.79 Å². The number of anilines is 1. The number of hydrogen-bond acceptors (Lipinski definition) is 3. The molecule has 1 fully saturated rings. The van der Waals surface area contributed by atoms with Crippen LogP contribution in [0.25, 0.3) is 0 Å². The Morgan fingerprint density at radius 3 is 2.52 bits per heavy atom. The number of nitrogen functional groups attached to an aromatic ring is 1. The summed E-state index contributed by atoms with van der Waals surface area (Å²) in [4.78, 5) is 12.9. The third kappa shape index (κ3) is 2.51. The van der Waals surface area contributed by atoms with Gasteiger partial charge in [0.05, 0.1) is 12.0 Å². The van der Waals surface area contributed by atoms with E-state index in [1.165, 1.54) is 0 Å². The first-order chi connectivity index (χ1) is 10.2. The first kappa shape index (κ1) is 13.7. The lowest BCUT2D eigenvalue weighted by atomic mass is 9.87. The van der Waals surface area contributed by atoms with Gasteiger partial charge in [0.1, 0.15) is 5.75 Å². The van der Waals surface area contributed by atoms with Crippen molar-refractivity contribution >= 4 is 11.5 Å². The van der Waals surface area contributed by atoms with Crippen molar-refractivity contribution in [3.63, 3.8) is 0 Å². The van der Waals surface area contributed by atoms with Crippen molar-refractivity contribution in [2.24, 2.45) is 0 Å². The molecule has 0 bridgehead atoms. The van der Waals surface area contributed by atoms with Gasteiger partial charge >= 0.3 is 0 Å². The predicted octanol–water partition coefficient (Wildman–Crippen LogP) is 3.58. The fourth-order valence-corrected chi connectivity index (χ4v) is 2.74. The molecule has 0 atom stereocenters. The number of ether oxygens (including phenoxy) is 1. The van der Waals surface area contributed by atoms with Crippen LogP contribution in [0.1, 0.15) is 35.7 Å². The average Bonchev–Trinajstić information content (AvgIpc) is 3.29. The van der Waals surface area contributed by atoms with E-state index in [0.717, 1.165) is 35.4 Å². The minimum atomic E-state index is -0.363. The van der Waals surface area contributed by atoms with E-state index in [1.807, 2.05) is 55.5 Å². The maximum atomic E-state index is 12.9.